The molecule has 0 spiro atoms. The number of amides is 1. The highest BCUT2D eigenvalue weighted by Crippen LogP contribution is 2.32. The van der Waals surface area contributed by atoms with E-state index in [-0.39, 0.29) is 17.9 Å². The molecule has 0 fully saturated rings. The summed E-state index contributed by atoms with van der Waals surface area (Å²) in [5.41, 5.74) is 1.65. The normalized spacial score (nSPS) is 13.2. The molecule has 132 valence electrons. The number of rotatable bonds is 4. The smallest absolute Gasteiger partial charge is 0.254 e. The van der Waals surface area contributed by atoms with E-state index < -0.39 is 0 Å². The SMILES string of the molecule is Cc1nc(C)c(CCC(=O)Nc2ccc3c(c2)OCCCO3)c(=O)[nH]1. The maximum absolute atomic E-state index is 12.2. The van der Waals surface area contributed by atoms with Gasteiger partial charge < -0.3 is 19.8 Å². The van der Waals surface area contributed by atoms with Gasteiger partial charge in [0.05, 0.1) is 13.2 Å². The highest BCUT2D eigenvalue weighted by atomic mass is 16.5. The zero-order valence-corrected chi connectivity index (χ0v) is 14.3. The number of ether oxygens (including phenoxy) is 2. The van der Waals surface area contributed by atoms with Crippen molar-refractivity contribution in [1.29, 1.82) is 0 Å². The van der Waals surface area contributed by atoms with Gasteiger partial charge in [0.25, 0.3) is 5.56 Å². The molecule has 1 aromatic carbocycles. The quantitative estimate of drug-likeness (QED) is 0.887. The minimum atomic E-state index is -0.187. The van der Waals surface area contributed by atoms with Crippen molar-refractivity contribution in [2.24, 2.45) is 0 Å². The van der Waals surface area contributed by atoms with Crippen LogP contribution in [0.2, 0.25) is 0 Å². The highest BCUT2D eigenvalue weighted by Gasteiger charge is 2.13. The van der Waals surface area contributed by atoms with Gasteiger partial charge in [-0.15, -0.1) is 0 Å². The molecule has 7 nitrogen and oxygen atoms in total. The number of carbonyl (C=O) groups is 1. The second kappa shape index (κ2) is 7.38. The Kier molecular flexibility index (Phi) is 5.02. The molecule has 0 radical (unpaired) electrons. The van der Waals surface area contributed by atoms with Crippen molar-refractivity contribution in [3.63, 3.8) is 0 Å². The number of fused-ring (bicyclic) bond motifs is 1. The van der Waals surface area contributed by atoms with Crippen LogP contribution >= 0.6 is 0 Å². The van der Waals surface area contributed by atoms with Crippen molar-refractivity contribution < 1.29 is 14.3 Å². The molecule has 2 aromatic rings. The minimum Gasteiger partial charge on any atom is -0.490 e. The number of benzene rings is 1. The molecule has 1 aliphatic heterocycles. The number of aromatic nitrogens is 2. The zero-order valence-electron chi connectivity index (χ0n) is 14.3. The summed E-state index contributed by atoms with van der Waals surface area (Å²) in [6.45, 7) is 4.72. The molecule has 0 atom stereocenters. The van der Waals surface area contributed by atoms with Gasteiger partial charge in [-0.3, -0.25) is 9.59 Å². The Morgan fingerprint density at radius 2 is 2.00 bits per heavy atom. The lowest BCUT2D eigenvalue weighted by Gasteiger charge is -2.10. The van der Waals surface area contributed by atoms with Crippen molar-refractivity contribution in [2.45, 2.75) is 33.1 Å². The third-order valence-corrected chi connectivity index (χ3v) is 3.97. The Balaban J connectivity index is 1.63. The van der Waals surface area contributed by atoms with E-state index in [1.165, 1.54) is 0 Å². The number of anilines is 1. The average molecular weight is 343 g/mol. The van der Waals surface area contributed by atoms with Crippen molar-refractivity contribution in [3.8, 4) is 11.5 Å². The Morgan fingerprint density at radius 1 is 1.24 bits per heavy atom. The summed E-state index contributed by atoms with van der Waals surface area (Å²) < 4.78 is 11.2. The second-order valence-electron chi connectivity index (χ2n) is 5.98. The van der Waals surface area contributed by atoms with Crippen molar-refractivity contribution in [1.82, 2.24) is 9.97 Å². The van der Waals surface area contributed by atoms with Gasteiger partial charge in [-0.05, 0) is 32.4 Å². The fourth-order valence-electron chi connectivity index (χ4n) is 2.75. The molecule has 25 heavy (non-hydrogen) atoms. The monoisotopic (exact) mass is 343 g/mol. The number of carbonyl (C=O) groups excluding carboxylic acids is 1. The summed E-state index contributed by atoms with van der Waals surface area (Å²) in [6.07, 6.45) is 1.36. The van der Waals surface area contributed by atoms with Crippen LogP contribution in [0.25, 0.3) is 0 Å². The molecule has 1 aliphatic rings. The molecule has 0 bridgehead atoms. The van der Waals surface area contributed by atoms with Gasteiger partial charge >= 0.3 is 0 Å². The summed E-state index contributed by atoms with van der Waals surface area (Å²) in [5, 5.41) is 2.83. The Hall–Kier alpha value is -2.83. The molecule has 3 rings (SSSR count). The molecule has 0 unspecified atom stereocenters. The summed E-state index contributed by atoms with van der Waals surface area (Å²) in [4.78, 5) is 31.1. The van der Waals surface area contributed by atoms with Crippen molar-refractivity contribution in [3.05, 3.63) is 45.6 Å². The van der Waals surface area contributed by atoms with Gasteiger partial charge in [-0.1, -0.05) is 0 Å². The molecular weight excluding hydrogens is 322 g/mol. The van der Waals surface area contributed by atoms with Crippen LogP contribution in [0, 0.1) is 13.8 Å². The Bertz CT molecular complexity index is 845. The standard InChI is InChI=1S/C18H21N3O4/c1-11-14(18(23)20-12(2)19-11)5-7-17(22)21-13-4-6-15-16(10-13)25-9-3-8-24-15/h4,6,10H,3,5,7-9H2,1-2H3,(H,21,22)(H,19,20,23). The van der Waals surface area contributed by atoms with Gasteiger partial charge in [-0.25, -0.2) is 4.98 Å². The van der Waals surface area contributed by atoms with E-state index in [4.69, 9.17) is 9.47 Å². The van der Waals surface area contributed by atoms with E-state index in [0.29, 0.717) is 53.9 Å². The third-order valence-electron chi connectivity index (χ3n) is 3.97. The minimum absolute atomic E-state index is 0.172. The summed E-state index contributed by atoms with van der Waals surface area (Å²) in [5.74, 6) is 1.71. The van der Waals surface area contributed by atoms with Crippen molar-refractivity contribution >= 4 is 11.6 Å². The number of aromatic amines is 1. The number of nitrogens with zero attached hydrogens (tertiary/aromatic N) is 1. The third kappa shape index (κ3) is 4.17. The number of hydrogen-bond donors (Lipinski definition) is 2. The maximum Gasteiger partial charge on any atom is 0.254 e. The van der Waals surface area contributed by atoms with Gasteiger partial charge in [-0.2, -0.15) is 0 Å². The van der Waals surface area contributed by atoms with Gasteiger partial charge in [0.15, 0.2) is 11.5 Å². The molecule has 1 aromatic heterocycles. The molecule has 1 amide bonds. The number of aryl methyl sites for hydroxylation is 2. The first-order valence-electron chi connectivity index (χ1n) is 8.29. The molecule has 0 saturated carbocycles. The summed E-state index contributed by atoms with van der Waals surface area (Å²) >= 11 is 0. The van der Waals surface area contributed by atoms with Crippen LogP contribution in [0.15, 0.2) is 23.0 Å². The van der Waals surface area contributed by atoms with Crippen LogP contribution in [0.3, 0.4) is 0 Å². The van der Waals surface area contributed by atoms with Crippen LogP contribution in [0.4, 0.5) is 5.69 Å². The first-order chi connectivity index (χ1) is 12.0. The number of H-pyrrole nitrogens is 1. The Labute approximate surface area is 145 Å². The fourth-order valence-corrected chi connectivity index (χ4v) is 2.75. The van der Waals surface area contributed by atoms with Crippen LogP contribution in [-0.2, 0) is 11.2 Å². The largest absolute Gasteiger partial charge is 0.490 e. The lowest BCUT2D eigenvalue weighted by atomic mass is 10.1. The first-order valence-corrected chi connectivity index (χ1v) is 8.29. The van der Waals surface area contributed by atoms with Crippen molar-refractivity contribution in [2.75, 3.05) is 18.5 Å². The van der Waals surface area contributed by atoms with Gasteiger partial charge in [0.2, 0.25) is 5.91 Å². The maximum atomic E-state index is 12.2. The lowest BCUT2D eigenvalue weighted by molar-refractivity contribution is -0.116. The predicted octanol–water partition coefficient (Wildman–Crippen LogP) is 2.12. The molecule has 0 aliphatic carbocycles. The van der Waals surface area contributed by atoms with E-state index in [9.17, 15) is 9.59 Å². The second-order valence-corrected chi connectivity index (χ2v) is 5.98. The molecule has 2 N–H and O–H groups in total. The Morgan fingerprint density at radius 3 is 2.76 bits per heavy atom. The number of hydrogen-bond acceptors (Lipinski definition) is 5. The van der Waals surface area contributed by atoms with E-state index >= 15 is 0 Å². The van der Waals surface area contributed by atoms with Crippen LogP contribution < -0.4 is 20.3 Å². The summed E-state index contributed by atoms with van der Waals surface area (Å²) in [7, 11) is 0. The van der Waals surface area contributed by atoms with E-state index in [1.54, 1.807) is 32.0 Å². The zero-order chi connectivity index (χ0) is 17.8. The predicted molar refractivity (Wildman–Crippen MR) is 93.3 cm³/mol. The summed E-state index contributed by atoms with van der Waals surface area (Å²) in [6, 6.07) is 5.32. The molecule has 7 heteroatoms. The van der Waals surface area contributed by atoms with Crippen LogP contribution in [0.1, 0.15) is 29.9 Å². The van der Waals surface area contributed by atoms with Crippen LogP contribution in [-0.4, -0.2) is 29.1 Å². The molecule has 2 heterocycles. The lowest BCUT2D eigenvalue weighted by Crippen LogP contribution is -2.20. The van der Waals surface area contributed by atoms with E-state index in [1.807, 2.05) is 0 Å². The average Bonchev–Trinajstić information content (AvgIpc) is 2.78. The van der Waals surface area contributed by atoms with Crippen LogP contribution in [0.5, 0.6) is 11.5 Å². The highest BCUT2D eigenvalue weighted by molar-refractivity contribution is 5.91. The fraction of sp³-hybridized carbons (Fsp3) is 0.389. The number of nitrogens with one attached hydrogen (secondary N) is 2. The molecule has 0 saturated heterocycles. The molecular formula is C18H21N3O4. The van der Waals surface area contributed by atoms with Gasteiger partial charge in [0, 0.05) is 35.9 Å². The van der Waals surface area contributed by atoms with E-state index in [0.717, 1.165) is 6.42 Å². The van der Waals surface area contributed by atoms with Gasteiger partial charge in [0.1, 0.15) is 5.82 Å². The topological polar surface area (TPSA) is 93.3 Å². The van der Waals surface area contributed by atoms with E-state index in [2.05, 4.69) is 15.3 Å². The first kappa shape index (κ1) is 17.0.